The van der Waals surface area contributed by atoms with Gasteiger partial charge in [-0.15, -0.1) is 0 Å². The molecule has 0 saturated carbocycles. The van der Waals surface area contributed by atoms with E-state index in [1.54, 1.807) is 0 Å². The van der Waals surface area contributed by atoms with Crippen LogP contribution in [0.2, 0.25) is 0 Å². The molecule has 0 aromatic heterocycles. The van der Waals surface area contributed by atoms with Gasteiger partial charge >= 0.3 is 0 Å². The first-order chi connectivity index (χ1) is 10.4. The molecule has 1 fully saturated rings. The Balaban J connectivity index is 1.74. The van der Waals surface area contributed by atoms with Crippen LogP contribution in [0.25, 0.3) is 11.1 Å². The number of hydrogen-bond donors (Lipinski definition) is 1. The highest BCUT2D eigenvalue weighted by atomic mass is 16.5. The molecule has 2 atom stereocenters. The zero-order valence-electron chi connectivity index (χ0n) is 12.6. The van der Waals surface area contributed by atoms with Crippen molar-refractivity contribution in [1.29, 1.82) is 0 Å². The highest BCUT2D eigenvalue weighted by molar-refractivity contribution is 5.63. The molecular formula is C19H23NO. The maximum absolute atomic E-state index is 5.95. The Labute approximate surface area is 127 Å². The summed E-state index contributed by atoms with van der Waals surface area (Å²) in [6.07, 6.45) is 1.40. The van der Waals surface area contributed by atoms with Crippen molar-refractivity contribution < 1.29 is 4.74 Å². The Morgan fingerprint density at radius 3 is 2.43 bits per heavy atom. The fourth-order valence-electron chi connectivity index (χ4n) is 3.04. The standard InChI is InChI=1S/C19H23NO/c1-2-20-14-18-12-13-21-19(18)17-10-8-16(9-11-17)15-6-4-3-5-7-15/h3-11,18-20H,2,12-14H2,1H3. The van der Waals surface area contributed by atoms with Gasteiger partial charge in [-0.25, -0.2) is 0 Å². The summed E-state index contributed by atoms with van der Waals surface area (Å²) in [6.45, 7) is 5.10. The number of rotatable bonds is 5. The quantitative estimate of drug-likeness (QED) is 0.893. The van der Waals surface area contributed by atoms with Gasteiger partial charge < -0.3 is 10.1 Å². The van der Waals surface area contributed by atoms with Crippen LogP contribution in [-0.4, -0.2) is 19.7 Å². The summed E-state index contributed by atoms with van der Waals surface area (Å²) < 4.78 is 5.95. The number of hydrogen-bond acceptors (Lipinski definition) is 2. The summed E-state index contributed by atoms with van der Waals surface area (Å²) in [5.74, 6) is 0.590. The molecular weight excluding hydrogens is 258 g/mol. The molecule has 1 aliphatic heterocycles. The third-order valence-electron chi connectivity index (χ3n) is 4.22. The molecule has 0 spiro atoms. The maximum Gasteiger partial charge on any atom is 0.0866 e. The van der Waals surface area contributed by atoms with Gasteiger partial charge in [0.2, 0.25) is 0 Å². The Bertz CT molecular complexity index is 550. The van der Waals surface area contributed by atoms with Crippen LogP contribution in [0.1, 0.15) is 25.0 Å². The average Bonchev–Trinajstić information content (AvgIpc) is 3.02. The molecule has 2 nitrogen and oxygen atoms in total. The fraction of sp³-hybridized carbons (Fsp3) is 0.368. The van der Waals surface area contributed by atoms with E-state index in [1.165, 1.54) is 16.7 Å². The topological polar surface area (TPSA) is 21.3 Å². The lowest BCUT2D eigenvalue weighted by Crippen LogP contribution is -2.24. The van der Waals surface area contributed by atoms with E-state index in [1.807, 2.05) is 0 Å². The van der Waals surface area contributed by atoms with Crippen LogP contribution < -0.4 is 5.32 Å². The van der Waals surface area contributed by atoms with Crippen molar-refractivity contribution in [2.75, 3.05) is 19.7 Å². The van der Waals surface area contributed by atoms with Crippen molar-refractivity contribution in [2.24, 2.45) is 5.92 Å². The number of ether oxygens (including phenoxy) is 1. The van der Waals surface area contributed by atoms with Crippen LogP contribution in [0.4, 0.5) is 0 Å². The molecule has 1 N–H and O–H groups in total. The lowest BCUT2D eigenvalue weighted by Gasteiger charge is -2.19. The zero-order chi connectivity index (χ0) is 14.5. The first-order valence-electron chi connectivity index (χ1n) is 7.86. The van der Waals surface area contributed by atoms with Crippen LogP contribution in [0.3, 0.4) is 0 Å². The Kier molecular flexibility index (Phi) is 4.69. The summed E-state index contributed by atoms with van der Waals surface area (Å²) in [5, 5.41) is 3.45. The van der Waals surface area contributed by atoms with Gasteiger partial charge in [0.25, 0.3) is 0 Å². The molecule has 0 radical (unpaired) electrons. The highest BCUT2D eigenvalue weighted by Gasteiger charge is 2.28. The van der Waals surface area contributed by atoms with Crippen LogP contribution in [-0.2, 0) is 4.74 Å². The third-order valence-corrected chi connectivity index (χ3v) is 4.22. The maximum atomic E-state index is 5.95. The second kappa shape index (κ2) is 6.88. The molecule has 0 bridgehead atoms. The van der Waals surface area contributed by atoms with Gasteiger partial charge in [-0.2, -0.15) is 0 Å². The smallest absolute Gasteiger partial charge is 0.0866 e. The minimum Gasteiger partial charge on any atom is -0.373 e. The SMILES string of the molecule is CCNCC1CCOC1c1ccc(-c2ccccc2)cc1. The summed E-state index contributed by atoms with van der Waals surface area (Å²) in [5.41, 5.74) is 3.83. The molecule has 3 rings (SSSR count). The van der Waals surface area contributed by atoms with Gasteiger partial charge in [0.05, 0.1) is 6.10 Å². The number of benzene rings is 2. The molecule has 1 saturated heterocycles. The van der Waals surface area contributed by atoms with Gasteiger partial charge in [-0.05, 0) is 29.7 Å². The monoisotopic (exact) mass is 281 g/mol. The summed E-state index contributed by atoms with van der Waals surface area (Å²) >= 11 is 0. The van der Waals surface area contributed by atoms with E-state index in [2.05, 4.69) is 66.8 Å². The first-order valence-corrected chi connectivity index (χ1v) is 7.86. The van der Waals surface area contributed by atoms with Crippen LogP contribution >= 0.6 is 0 Å². The second-order valence-electron chi connectivity index (χ2n) is 5.64. The minimum absolute atomic E-state index is 0.244. The van der Waals surface area contributed by atoms with Crippen molar-refractivity contribution in [1.82, 2.24) is 5.32 Å². The normalized spacial score (nSPS) is 21.6. The van der Waals surface area contributed by atoms with Crippen molar-refractivity contribution in [3.63, 3.8) is 0 Å². The van der Waals surface area contributed by atoms with E-state index in [-0.39, 0.29) is 6.10 Å². The van der Waals surface area contributed by atoms with E-state index in [0.29, 0.717) is 5.92 Å². The molecule has 21 heavy (non-hydrogen) atoms. The summed E-state index contributed by atoms with van der Waals surface area (Å²) in [6, 6.07) is 19.4. The molecule has 0 aliphatic carbocycles. The highest BCUT2D eigenvalue weighted by Crippen LogP contribution is 2.35. The molecule has 1 aliphatic rings. The molecule has 0 amide bonds. The van der Waals surface area contributed by atoms with E-state index in [0.717, 1.165) is 26.1 Å². The molecule has 1 heterocycles. The van der Waals surface area contributed by atoms with E-state index >= 15 is 0 Å². The van der Waals surface area contributed by atoms with E-state index in [4.69, 9.17) is 4.74 Å². The van der Waals surface area contributed by atoms with Gasteiger partial charge in [-0.1, -0.05) is 61.5 Å². The summed E-state index contributed by atoms with van der Waals surface area (Å²) in [7, 11) is 0. The molecule has 2 aromatic carbocycles. The first kappa shape index (κ1) is 14.3. The van der Waals surface area contributed by atoms with Crippen LogP contribution in [0, 0.1) is 5.92 Å². The van der Waals surface area contributed by atoms with Crippen LogP contribution in [0.15, 0.2) is 54.6 Å². The summed E-state index contributed by atoms with van der Waals surface area (Å²) in [4.78, 5) is 0. The predicted molar refractivity (Wildman–Crippen MR) is 87.2 cm³/mol. The van der Waals surface area contributed by atoms with E-state index in [9.17, 15) is 0 Å². The largest absolute Gasteiger partial charge is 0.373 e. The lowest BCUT2D eigenvalue weighted by molar-refractivity contribution is 0.0907. The van der Waals surface area contributed by atoms with Crippen molar-refractivity contribution in [3.05, 3.63) is 60.2 Å². The second-order valence-corrected chi connectivity index (χ2v) is 5.64. The van der Waals surface area contributed by atoms with Crippen molar-refractivity contribution in [2.45, 2.75) is 19.4 Å². The van der Waals surface area contributed by atoms with Gasteiger partial charge in [0.15, 0.2) is 0 Å². The molecule has 110 valence electrons. The fourth-order valence-corrected chi connectivity index (χ4v) is 3.04. The van der Waals surface area contributed by atoms with Crippen molar-refractivity contribution in [3.8, 4) is 11.1 Å². The molecule has 2 aromatic rings. The Morgan fingerprint density at radius 2 is 1.71 bits per heavy atom. The van der Waals surface area contributed by atoms with Gasteiger partial charge in [-0.3, -0.25) is 0 Å². The van der Waals surface area contributed by atoms with Crippen LogP contribution in [0.5, 0.6) is 0 Å². The molecule has 2 heteroatoms. The number of nitrogens with one attached hydrogen (secondary N) is 1. The lowest BCUT2D eigenvalue weighted by atomic mass is 9.94. The molecule has 2 unspecified atom stereocenters. The minimum atomic E-state index is 0.244. The third kappa shape index (κ3) is 3.34. The Hall–Kier alpha value is -1.64. The average molecular weight is 281 g/mol. The van der Waals surface area contributed by atoms with Crippen molar-refractivity contribution >= 4 is 0 Å². The van der Waals surface area contributed by atoms with Gasteiger partial charge in [0.1, 0.15) is 0 Å². The zero-order valence-corrected chi connectivity index (χ0v) is 12.6. The Morgan fingerprint density at radius 1 is 1.00 bits per heavy atom. The van der Waals surface area contributed by atoms with Gasteiger partial charge in [0, 0.05) is 19.1 Å². The predicted octanol–water partition coefficient (Wildman–Crippen LogP) is 4.04. The van der Waals surface area contributed by atoms with E-state index < -0.39 is 0 Å².